The minimum Gasteiger partial charge on any atom is -0.314 e. The van der Waals surface area contributed by atoms with E-state index in [1.807, 2.05) is 18.2 Å². The highest BCUT2D eigenvalue weighted by molar-refractivity contribution is 6.42. The molecule has 0 radical (unpaired) electrons. The standard InChI is InChI=1S/C12H17Cl2N3/c1-6(2)11-10(12(15)17-16-11)7-3-4-8(13)9(14)5-7/h3-6,10-12,16-17H,15H2,1-2H3. The van der Waals surface area contributed by atoms with E-state index < -0.39 is 0 Å². The molecule has 1 fully saturated rings. The lowest BCUT2D eigenvalue weighted by Crippen LogP contribution is -2.39. The first kappa shape index (κ1) is 13.1. The van der Waals surface area contributed by atoms with Gasteiger partial charge in [0.1, 0.15) is 0 Å². The van der Waals surface area contributed by atoms with E-state index in [1.54, 1.807) is 0 Å². The summed E-state index contributed by atoms with van der Waals surface area (Å²) in [7, 11) is 0. The second kappa shape index (κ2) is 5.12. The quantitative estimate of drug-likeness (QED) is 0.776. The summed E-state index contributed by atoms with van der Waals surface area (Å²) >= 11 is 12.0. The molecular formula is C12H17Cl2N3. The van der Waals surface area contributed by atoms with E-state index in [-0.39, 0.29) is 12.1 Å². The van der Waals surface area contributed by atoms with Crippen LogP contribution in [0.1, 0.15) is 25.3 Å². The number of hydrazine groups is 1. The van der Waals surface area contributed by atoms with Gasteiger partial charge in [-0.25, -0.2) is 5.43 Å². The largest absolute Gasteiger partial charge is 0.314 e. The Kier molecular flexibility index (Phi) is 3.95. The van der Waals surface area contributed by atoms with Gasteiger partial charge in [0.15, 0.2) is 0 Å². The van der Waals surface area contributed by atoms with Crippen molar-refractivity contribution < 1.29 is 0 Å². The zero-order valence-electron chi connectivity index (χ0n) is 9.87. The van der Waals surface area contributed by atoms with Crippen LogP contribution in [0.5, 0.6) is 0 Å². The Morgan fingerprint density at radius 3 is 2.47 bits per heavy atom. The molecule has 0 bridgehead atoms. The van der Waals surface area contributed by atoms with Gasteiger partial charge in [0, 0.05) is 12.0 Å². The zero-order chi connectivity index (χ0) is 12.6. The summed E-state index contributed by atoms with van der Waals surface area (Å²) in [6, 6.07) is 6.00. The van der Waals surface area contributed by atoms with Crippen molar-refractivity contribution in [2.45, 2.75) is 32.0 Å². The van der Waals surface area contributed by atoms with Crippen molar-refractivity contribution in [3.8, 4) is 0 Å². The van der Waals surface area contributed by atoms with Crippen LogP contribution in [0, 0.1) is 5.92 Å². The van der Waals surface area contributed by atoms with Gasteiger partial charge in [-0.3, -0.25) is 5.43 Å². The van der Waals surface area contributed by atoms with Crippen molar-refractivity contribution in [2.24, 2.45) is 11.7 Å². The van der Waals surface area contributed by atoms with E-state index >= 15 is 0 Å². The van der Waals surface area contributed by atoms with Crippen LogP contribution in [0.15, 0.2) is 18.2 Å². The number of nitrogens with two attached hydrogens (primary N) is 1. The van der Waals surface area contributed by atoms with Crippen LogP contribution in [-0.4, -0.2) is 12.2 Å². The van der Waals surface area contributed by atoms with Gasteiger partial charge in [0.2, 0.25) is 0 Å². The molecule has 4 N–H and O–H groups in total. The van der Waals surface area contributed by atoms with Gasteiger partial charge in [0.05, 0.1) is 16.2 Å². The first-order valence-corrected chi connectivity index (χ1v) is 6.48. The van der Waals surface area contributed by atoms with Crippen molar-refractivity contribution in [1.29, 1.82) is 0 Å². The smallest absolute Gasteiger partial charge is 0.0764 e. The second-order valence-corrected chi connectivity index (χ2v) is 5.60. The molecule has 3 atom stereocenters. The lowest BCUT2D eigenvalue weighted by Gasteiger charge is -2.24. The second-order valence-electron chi connectivity index (χ2n) is 4.78. The molecule has 1 saturated heterocycles. The molecule has 1 aliphatic rings. The highest BCUT2D eigenvalue weighted by Crippen LogP contribution is 2.32. The fraction of sp³-hybridized carbons (Fsp3) is 0.500. The molecular weight excluding hydrogens is 257 g/mol. The van der Waals surface area contributed by atoms with E-state index in [0.29, 0.717) is 22.0 Å². The van der Waals surface area contributed by atoms with Crippen LogP contribution in [0.3, 0.4) is 0 Å². The Labute approximate surface area is 112 Å². The minimum atomic E-state index is -0.111. The van der Waals surface area contributed by atoms with Crippen molar-refractivity contribution in [2.75, 3.05) is 0 Å². The van der Waals surface area contributed by atoms with Gasteiger partial charge in [-0.2, -0.15) is 0 Å². The van der Waals surface area contributed by atoms with Gasteiger partial charge in [-0.1, -0.05) is 43.1 Å². The molecule has 5 heteroatoms. The van der Waals surface area contributed by atoms with Crippen LogP contribution in [-0.2, 0) is 0 Å². The van der Waals surface area contributed by atoms with Crippen molar-refractivity contribution >= 4 is 23.2 Å². The lowest BCUT2D eigenvalue weighted by molar-refractivity contribution is 0.402. The summed E-state index contributed by atoms with van der Waals surface area (Å²) in [4.78, 5) is 0. The van der Waals surface area contributed by atoms with Gasteiger partial charge in [-0.15, -0.1) is 0 Å². The molecule has 0 amide bonds. The van der Waals surface area contributed by atoms with Gasteiger partial charge < -0.3 is 5.73 Å². The summed E-state index contributed by atoms with van der Waals surface area (Å²) in [6.45, 7) is 4.34. The Bertz CT molecular complexity index is 409. The Balaban J connectivity index is 2.33. The van der Waals surface area contributed by atoms with Crippen molar-refractivity contribution in [3.05, 3.63) is 33.8 Å². The average Bonchev–Trinajstić information content (AvgIpc) is 2.64. The topological polar surface area (TPSA) is 50.1 Å². The monoisotopic (exact) mass is 273 g/mol. The Morgan fingerprint density at radius 2 is 1.88 bits per heavy atom. The molecule has 0 spiro atoms. The van der Waals surface area contributed by atoms with Crippen LogP contribution in [0.25, 0.3) is 0 Å². The highest BCUT2D eigenvalue weighted by atomic mass is 35.5. The van der Waals surface area contributed by atoms with E-state index in [4.69, 9.17) is 28.9 Å². The SMILES string of the molecule is CC(C)C1NNC(N)C1c1ccc(Cl)c(Cl)c1. The first-order chi connectivity index (χ1) is 8.00. The number of hydrogen-bond acceptors (Lipinski definition) is 3. The molecule has 17 heavy (non-hydrogen) atoms. The predicted molar refractivity (Wildman–Crippen MR) is 72.1 cm³/mol. The molecule has 0 saturated carbocycles. The van der Waals surface area contributed by atoms with Crippen LogP contribution in [0.2, 0.25) is 10.0 Å². The minimum absolute atomic E-state index is 0.111. The molecule has 1 aromatic rings. The van der Waals surface area contributed by atoms with Gasteiger partial charge >= 0.3 is 0 Å². The van der Waals surface area contributed by atoms with Crippen molar-refractivity contribution in [1.82, 2.24) is 10.9 Å². The normalized spacial score (nSPS) is 28.9. The molecule has 0 aliphatic carbocycles. The first-order valence-electron chi connectivity index (χ1n) is 5.72. The van der Waals surface area contributed by atoms with E-state index in [0.717, 1.165) is 5.56 Å². The highest BCUT2D eigenvalue weighted by Gasteiger charge is 2.36. The number of halogens is 2. The van der Waals surface area contributed by atoms with E-state index in [2.05, 4.69) is 24.7 Å². The molecule has 0 aromatic heterocycles. The fourth-order valence-corrected chi connectivity index (χ4v) is 2.62. The summed E-state index contributed by atoms with van der Waals surface area (Å²) < 4.78 is 0. The summed E-state index contributed by atoms with van der Waals surface area (Å²) in [5.41, 5.74) is 13.5. The van der Waals surface area contributed by atoms with Gasteiger partial charge in [-0.05, 0) is 23.6 Å². The third kappa shape index (κ3) is 2.59. The molecule has 3 nitrogen and oxygen atoms in total. The summed E-state index contributed by atoms with van der Waals surface area (Å²) in [5.74, 6) is 0.681. The summed E-state index contributed by atoms with van der Waals surface area (Å²) in [5, 5.41) is 1.15. The Morgan fingerprint density at radius 1 is 1.18 bits per heavy atom. The Hall–Kier alpha value is -0.320. The molecule has 1 aromatic carbocycles. The van der Waals surface area contributed by atoms with E-state index in [1.165, 1.54) is 0 Å². The third-order valence-corrected chi connectivity index (χ3v) is 3.98. The lowest BCUT2D eigenvalue weighted by atomic mass is 9.85. The molecule has 1 heterocycles. The number of rotatable bonds is 2. The van der Waals surface area contributed by atoms with E-state index in [9.17, 15) is 0 Å². The van der Waals surface area contributed by atoms with Crippen LogP contribution in [0.4, 0.5) is 0 Å². The average molecular weight is 274 g/mol. The third-order valence-electron chi connectivity index (χ3n) is 3.24. The zero-order valence-corrected chi connectivity index (χ0v) is 11.4. The molecule has 3 unspecified atom stereocenters. The predicted octanol–water partition coefficient (Wildman–Crippen LogP) is 2.49. The number of benzene rings is 1. The van der Waals surface area contributed by atoms with Gasteiger partial charge in [0.25, 0.3) is 0 Å². The maximum Gasteiger partial charge on any atom is 0.0764 e. The maximum absolute atomic E-state index is 6.08. The fourth-order valence-electron chi connectivity index (χ4n) is 2.31. The van der Waals surface area contributed by atoms with Crippen molar-refractivity contribution in [3.63, 3.8) is 0 Å². The van der Waals surface area contributed by atoms with Crippen LogP contribution < -0.4 is 16.6 Å². The molecule has 94 valence electrons. The maximum atomic E-state index is 6.08. The summed E-state index contributed by atoms with van der Waals surface area (Å²) in [6.07, 6.45) is -0.111. The number of nitrogens with one attached hydrogen (secondary N) is 2. The molecule has 2 rings (SSSR count). The van der Waals surface area contributed by atoms with Crippen LogP contribution >= 0.6 is 23.2 Å². The number of hydrogen-bond donors (Lipinski definition) is 3. The molecule has 1 aliphatic heterocycles.